The summed E-state index contributed by atoms with van der Waals surface area (Å²) < 4.78 is 21.9. The van der Waals surface area contributed by atoms with E-state index in [1.807, 2.05) is 72.1 Å². The van der Waals surface area contributed by atoms with E-state index < -0.39 is 23.0 Å². The fourth-order valence-corrected chi connectivity index (χ4v) is 8.08. The highest BCUT2D eigenvalue weighted by molar-refractivity contribution is 8.00. The maximum Gasteiger partial charge on any atom is 0.341 e. The largest absolute Gasteiger partial charge is 0.493 e. The van der Waals surface area contributed by atoms with E-state index in [1.165, 1.54) is 50.5 Å². The van der Waals surface area contributed by atoms with Gasteiger partial charge in [0.15, 0.2) is 11.5 Å². The minimum Gasteiger partial charge on any atom is -0.493 e. The smallest absolute Gasteiger partial charge is 0.341 e. The first-order chi connectivity index (χ1) is 28.7. The standard InChI is InChI=1S/C46H41N3O8S2/c1-5-57-46(53)39-35(30-16-9-6-10-17-30)28-58-45(39)49-44(52)41(31-18-11-7-12-19-31)59-34-23-15-22-33(27-34)47-43(51)36(48-42(50)32-20-13-8-14-21-32)24-29-25-37(54-2)40(56-4)38(26-29)55-3/h6-28,41H,5H2,1-4H3,(H,47,51)(H,48,50)(H,49,52)/b36-24+. The third-order valence-electron chi connectivity index (χ3n) is 8.81. The van der Waals surface area contributed by atoms with Crippen molar-refractivity contribution in [2.75, 3.05) is 38.6 Å². The zero-order valence-electron chi connectivity index (χ0n) is 32.6. The molecule has 3 amide bonds. The highest BCUT2D eigenvalue weighted by Crippen LogP contribution is 2.41. The van der Waals surface area contributed by atoms with Crippen LogP contribution in [0.25, 0.3) is 17.2 Å². The Bertz CT molecular complexity index is 2430. The predicted octanol–water partition coefficient (Wildman–Crippen LogP) is 9.50. The number of thiophene rings is 1. The summed E-state index contributed by atoms with van der Waals surface area (Å²) in [5, 5.41) is 10.1. The maximum absolute atomic E-state index is 14.3. The number of anilines is 2. The SMILES string of the molecule is CCOC(=O)c1c(-c2ccccc2)csc1NC(=O)C(Sc1cccc(NC(=O)/C(=C\c2cc(OC)c(OC)c(OC)c2)NC(=O)c2ccccc2)c1)c1ccccc1. The molecular formula is C46H41N3O8S2. The monoisotopic (exact) mass is 827 g/mol. The van der Waals surface area contributed by atoms with Gasteiger partial charge in [-0.2, -0.15) is 0 Å². The van der Waals surface area contributed by atoms with Crippen molar-refractivity contribution in [1.82, 2.24) is 5.32 Å². The van der Waals surface area contributed by atoms with Gasteiger partial charge in [0.1, 0.15) is 21.5 Å². The van der Waals surface area contributed by atoms with Gasteiger partial charge in [-0.1, -0.05) is 84.9 Å². The van der Waals surface area contributed by atoms with Crippen LogP contribution in [0, 0.1) is 0 Å². The Morgan fingerprint density at radius 3 is 2.02 bits per heavy atom. The summed E-state index contributed by atoms with van der Waals surface area (Å²) in [5.74, 6) is -0.899. The van der Waals surface area contributed by atoms with E-state index in [9.17, 15) is 19.2 Å². The Labute approximate surface area is 350 Å². The molecule has 0 aliphatic carbocycles. The van der Waals surface area contributed by atoms with Crippen LogP contribution in [0.5, 0.6) is 17.2 Å². The first kappa shape index (κ1) is 41.8. The molecule has 0 saturated carbocycles. The van der Waals surface area contributed by atoms with E-state index in [2.05, 4.69) is 16.0 Å². The predicted molar refractivity (Wildman–Crippen MR) is 232 cm³/mol. The molecule has 1 heterocycles. The van der Waals surface area contributed by atoms with Crippen LogP contribution in [0.4, 0.5) is 10.7 Å². The molecule has 6 rings (SSSR count). The number of esters is 1. The van der Waals surface area contributed by atoms with E-state index in [0.717, 1.165) is 11.1 Å². The van der Waals surface area contributed by atoms with Crippen molar-refractivity contribution in [1.29, 1.82) is 0 Å². The van der Waals surface area contributed by atoms with Gasteiger partial charge >= 0.3 is 5.97 Å². The molecular weight excluding hydrogens is 787 g/mol. The average Bonchev–Trinajstić information content (AvgIpc) is 3.69. The van der Waals surface area contributed by atoms with Crippen LogP contribution in [0.15, 0.2) is 143 Å². The molecule has 1 atom stereocenters. The molecule has 0 radical (unpaired) electrons. The molecule has 0 saturated heterocycles. The normalized spacial score (nSPS) is 11.5. The average molecular weight is 828 g/mol. The number of benzene rings is 5. The van der Waals surface area contributed by atoms with Crippen molar-refractivity contribution >= 4 is 63.6 Å². The molecule has 300 valence electrons. The molecule has 59 heavy (non-hydrogen) atoms. The highest BCUT2D eigenvalue weighted by atomic mass is 32.2. The molecule has 1 aromatic heterocycles. The van der Waals surface area contributed by atoms with E-state index >= 15 is 0 Å². The topological polar surface area (TPSA) is 141 Å². The lowest BCUT2D eigenvalue weighted by Gasteiger charge is -2.18. The van der Waals surface area contributed by atoms with E-state index in [-0.39, 0.29) is 23.8 Å². The first-order valence-electron chi connectivity index (χ1n) is 18.4. The quantitative estimate of drug-likeness (QED) is 0.0494. The van der Waals surface area contributed by atoms with Gasteiger partial charge in [0.05, 0.1) is 27.9 Å². The number of carbonyl (C=O) groups is 4. The van der Waals surface area contributed by atoms with Crippen LogP contribution in [0.2, 0.25) is 0 Å². The van der Waals surface area contributed by atoms with Gasteiger partial charge in [-0.15, -0.1) is 23.1 Å². The number of carbonyl (C=O) groups excluding carboxylic acids is 4. The molecule has 0 fully saturated rings. The second kappa shape index (κ2) is 20.0. The summed E-state index contributed by atoms with van der Waals surface area (Å²) in [4.78, 5) is 55.6. The van der Waals surface area contributed by atoms with Crippen molar-refractivity contribution in [3.8, 4) is 28.4 Å². The van der Waals surface area contributed by atoms with Crippen LogP contribution >= 0.6 is 23.1 Å². The summed E-state index contributed by atoms with van der Waals surface area (Å²) in [6.07, 6.45) is 1.51. The van der Waals surface area contributed by atoms with Crippen LogP contribution < -0.4 is 30.2 Å². The van der Waals surface area contributed by atoms with Gasteiger partial charge in [0.25, 0.3) is 11.8 Å². The summed E-state index contributed by atoms with van der Waals surface area (Å²) in [7, 11) is 4.46. The number of thioether (sulfide) groups is 1. The number of nitrogens with one attached hydrogen (secondary N) is 3. The second-order valence-corrected chi connectivity index (χ2v) is 14.7. The Balaban J connectivity index is 1.29. The minimum atomic E-state index is -0.764. The zero-order valence-corrected chi connectivity index (χ0v) is 34.3. The number of amides is 3. The lowest BCUT2D eigenvalue weighted by molar-refractivity contribution is -0.116. The molecule has 0 aliphatic rings. The Hall–Kier alpha value is -6.83. The lowest BCUT2D eigenvalue weighted by atomic mass is 10.0. The number of hydrogen-bond acceptors (Lipinski definition) is 10. The molecule has 5 aromatic carbocycles. The number of hydrogen-bond donors (Lipinski definition) is 3. The van der Waals surface area contributed by atoms with Crippen molar-refractivity contribution in [3.63, 3.8) is 0 Å². The fraction of sp³-hybridized carbons (Fsp3) is 0.130. The van der Waals surface area contributed by atoms with Crippen LogP contribution in [-0.4, -0.2) is 51.6 Å². The second-order valence-electron chi connectivity index (χ2n) is 12.7. The summed E-state index contributed by atoms with van der Waals surface area (Å²) in [6, 6.07) is 37.6. The molecule has 6 aromatic rings. The first-order valence-corrected chi connectivity index (χ1v) is 20.1. The van der Waals surface area contributed by atoms with Gasteiger partial charge in [0.2, 0.25) is 11.7 Å². The molecule has 0 spiro atoms. The lowest BCUT2D eigenvalue weighted by Crippen LogP contribution is -2.30. The van der Waals surface area contributed by atoms with Gasteiger partial charge in [-0.05, 0) is 72.2 Å². The highest BCUT2D eigenvalue weighted by Gasteiger charge is 2.28. The van der Waals surface area contributed by atoms with Crippen molar-refractivity contribution in [3.05, 3.63) is 161 Å². The van der Waals surface area contributed by atoms with Crippen molar-refractivity contribution in [2.24, 2.45) is 0 Å². The summed E-state index contributed by atoms with van der Waals surface area (Å²) in [6.45, 7) is 1.91. The van der Waals surface area contributed by atoms with Crippen molar-refractivity contribution < 1.29 is 38.1 Å². The van der Waals surface area contributed by atoms with E-state index in [0.29, 0.717) is 49.5 Å². The molecule has 11 nitrogen and oxygen atoms in total. The molecule has 3 N–H and O–H groups in total. The van der Waals surface area contributed by atoms with Gasteiger partial charge < -0.3 is 34.9 Å². The number of ether oxygens (including phenoxy) is 4. The molecule has 0 bridgehead atoms. The third kappa shape index (κ3) is 10.4. The Morgan fingerprint density at radius 2 is 1.39 bits per heavy atom. The zero-order chi connectivity index (χ0) is 41.7. The Kier molecular flexibility index (Phi) is 14.2. The summed E-state index contributed by atoms with van der Waals surface area (Å²) in [5.41, 5.74) is 3.69. The molecule has 1 unspecified atom stereocenters. The summed E-state index contributed by atoms with van der Waals surface area (Å²) >= 11 is 2.52. The van der Waals surface area contributed by atoms with E-state index in [1.54, 1.807) is 67.6 Å². The number of methoxy groups -OCH3 is 3. The Morgan fingerprint density at radius 1 is 0.746 bits per heavy atom. The van der Waals surface area contributed by atoms with Crippen LogP contribution in [-0.2, 0) is 14.3 Å². The van der Waals surface area contributed by atoms with Crippen molar-refractivity contribution in [2.45, 2.75) is 17.1 Å². The molecule has 13 heteroatoms. The fourth-order valence-electron chi connectivity index (χ4n) is 6.04. The minimum absolute atomic E-state index is 0.0593. The van der Waals surface area contributed by atoms with Crippen LogP contribution in [0.1, 0.15) is 44.0 Å². The van der Waals surface area contributed by atoms with E-state index in [4.69, 9.17) is 18.9 Å². The van der Waals surface area contributed by atoms with Gasteiger partial charge in [-0.25, -0.2) is 4.79 Å². The van der Waals surface area contributed by atoms with Crippen LogP contribution in [0.3, 0.4) is 0 Å². The van der Waals surface area contributed by atoms with Gasteiger partial charge in [0, 0.05) is 27.1 Å². The molecule has 0 aliphatic heterocycles. The van der Waals surface area contributed by atoms with Gasteiger partial charge in [-0.3, -0.25) is 14.4 Å². The number of rotatable bonds is 16. The maximum atomic E-state index is 14.3. The third-order valence-corrected chi connectivity index (χ3v) is 10.9.